The van der Waals surface area contributed by atoms with Crippen LogP contribution < -0.4 is 0 Å². The number of hydrogen-bond donors (Lipinski definition) is 0. The highest BCUT2D eigenvalue weighted by Gasteiger charge is 2.56. The van der Waals surface area contributed by atoms with E-state index >= 15 is 0 Å². The molecule has 0 spiro atoms. The van der Waals surface area contributed by atoms with Gasteiger partial charge in [-0.25, -0.2) is 8.42 Å². The fourth-order valence-electron chi connectivity index (χ4n) is 3.73. The van der Waals surface area contributed by atoms with Gasteiger partial charge in [-0.05, 0) is 29.3 Å². The van der Waals surface area contributed by atoms with Crippen LogP contribution >= 0.6 is 0 Å². The number of Topliss-reactive ketones (excluding diaryl/α,β-unsaturated/α-hetero) is 1. The van der Waals surface area contributed by atoms with Crippen LogP contribution in [0.3, 0.4) is 0 Å². The molecule has 0 bridgehead atoms. The average molecular weight is 433 g/mol. The van der Waals surface area contributed by atoms with Crippen molar-refractivity contribution in [2.45, 2.75) is 17.1 Å². The zero-order valence-corrected chi connectivity index (χ0v) is 16.0. The van der Waals surface area contributed by atoms with E-state index in [0.29, 0.717) is 9.87 Å². The Hall–Kier alpha value is -3.20. The van der Waals surface area contributed by atoms with Gasteiger partial charge >= 0.3 is 6.18 Å². The van der Waals surface area contributed by atoms with E-state index in [2.05, 4.69) is 0 Å². The van der Waals surface area contributed by atoms with Crippen LogP contribution in [0.2, 0.25) is 0 Å². The first kappa shape index (κ1) is 20.1. The number of carbonyl (C=O) groups excluding carboxylic acids is 2. The molecule has 9 heteroatoms. The molecule has 30 heavy (non-hydrogen) atoms. The molecule has 2 aromatic rings. The first-order chi connectivity index (χ1) is 14.1. The molecule has 0 aromatic heterocycles. The minimum absolute atomic E-state index is 0.0494. The lowest BCUT2D eigenvalue weighted by Crippen LogP contribution is -2.48. The Labute approximate surface area is 170 Å². The zero-order valence-electron chi connectivity index (χ0n) is 15.2. The van der Waals surface area contributed by atoms with Gasteiger partial charge in [0.2, 0.25) is 11.6 Å². The molecule has 5 nitrogen and oxygen atoms in total. The maximum absolute atomic E-state index is 13.8. The van der Waals surface area contributed by atoms with Crippen LogP contribution in [0.4, 0.5) is 13.2 Å². The first-order valence-corrected chi connectivity index (χ1v) is 10.3. The van der Waals surface area contributed by atoms with Crippen LogP contribution in [0.15, 0.2) is 83.4 Å². The second kappa shape index (κ2) is 6.94. The number of sulfonamides is 1. The van der Waals surface area contributed by atoms with Crippen LogP contribution in [0.25, 0.3) is 5.57 Å². The number of allylic oxidation sites excluding steroid dienone is 1. The van der Waals surface area contributed by atoms with Crippen LogP contribution in [-0.2, 0) is 19.6 Å². The van der Waals surface area contributed by atoms with Crippen LogP contribution in [0, 0.1) is 5.92 Å². The lowest BCUT2D eigenvalue weighted by Gasteiger charge is -2.33. The fraction of sp³-hybridized carbons (Fsp3) is 0.143. The van der Waals surface area contributed by atoms with Crippen molar-refractivity contribution in [3.8, 4) is 0 Å². The zero-order chi connectivity index (χ0) is 21.7. The van der Waals surface area contributed by atoms with Crippen molar-refractivity contribution in [3.63, 3.8) is 0 Å². The molecule has 1 heterocycles. The second-order valence-electron chi connectivity index (χ2n) is 6.85. The van der Waals surface area contributed by atoms with E-state index in [9.17, 15) is 31.2 Å². The minimum Gasteiger partial charge on any atom is -0.290 e. The van der Waals surface area contributed by atoms with Gasteiger partial charge in [0.05, 0.1) is 22.4 Å². The van der Waals surface area contributed by atoms with E-state index in [1.54, 1.807) is 36.4 Å². The molecule has 4 rings (SSSR count). The van der Waals surface area contributed by atoms with Gasteiger partial charge < -0.3 is 0 Å². The number of alkyl halides is 3. The number of rotatable bonds is 3. The third-order valence-corrected chi connectivity index (χ3v) is 6.83. The molecule has 0 fully saturated rings. The van der Waals surface area contributed by atoms with E-state index in [1.165, 1.54) is 24.3 Å². The number of ketones is 2. The summed E-state index contributed by atoms with van der Waals surface area (Å²) in [5.41, 5.74) is -0.949. The Bertz CT molecular complexity index is 1190. The monoisotopic (exact) mass is 433 g/mol. The van der Waals surface area contributed by atoms with Crippen LogP contribution in [-0.4, -0.2) is 36.5 Å². The first-order valence-electron chi connectivity index (χ1n) is 8.85. The van der Waals surface area contributed by atoms with Gasteiger partial charge in [0.15, 0.2) is 0 Å². The number of fused-ring (bicyclic) bond motifs is 1. The van der Waals surface area contributed by atoms with Gasteiger partial charge in [-0.15, -0.1) is 0 Å². The molecular formula is C21H14F3NO4S. The van der Waals surface area contributed by atoms with Crippen LogP contribution in [0.5, 0.6) is 0 Å². The summed E-state index contributed by atoms with van der Waals surface area (Å²) in [6.45, 7) is 0. The Morgan fingerprint density at radius 3 is 2.00 bits per heavy atom. The van der Waals surface area contributed by atoms with Gasteiger partial charge in [0.25, 0.3) is 10.0 Å². The summed E-state index contributed by atoms with van der Waals surface area (Å²) in [6.07, 6.45) is -3.76. The van der Waals surface area contributed by atoms with Gasteiger partial charge in [-0.1, -0.05) is 48.5 Å². The number of hydrogen-bond acceptors (Lipinski definition) is 4. The lowest BCUT2D eigenvalue weighted by molar-refractivity contribution is -0.138. The quantitative estimate of drug-likeness (QED) is 0.696. The minimum atomic E-state index is -5.00. The molecule has 0 N–H and O–H groups in total. The van der Waals surface area contributed by atoms with E-state index in [-0.39, 0.29) is 16.5 Å². The molecule has 0 amide bonds. The van der Waals surface area contributed by atoms with Crippen molar-refractivity contribution < 1.29 is 31.2 Å². The Morgan fingerprint density at radius 2 is 1.43 bits per heavy atom. The summed E-state index contributed by atoms with van der Waals surface area (Å²) >= 11 is 0. The molecule has 1 aliphatic heterocycles. The van der Waals surface area contributed by atoms with Crippen molar-refractivity contribution >= 4 is 27.2 Å². The largest absolute Gasteiger partial charge is 0.414 e. The Balaban J connectivity index is 1.96. The van der Waals surface area contributed by atoms with Crippen molar-refractivity contribution in [1.82, 2.24) is 4.31 Å². The number of halogens is 3. The van der Waals surface area contributed by atoms with Gasteiger partial charge in [0, 0.05) is 6.20 Å². The molecular weight excluding hydrogens is 419 g/mol. The van der Waals surface area contributed by atoms with Crippen molar-refractivity contribution in [3.05, 3.63) is 84.1 Å². The molecule has 154 valence electrons. The Morgan fingerprint density at radius 1 is 0.867 bits per heavy atom. The predicted molar refractivity (Wildman–Crippen MR) is 101 cm³/mol. The summed E-state index contributed by atoms with van der Waals surface area (Å²) in [5.74, 6) is -3.96. The topological polar surface area (TPSA) is 71.5 Å². The molecule has 2 unspecified atom stereocenters. The molecule has 0 saturated heterocycles. The highest BCUT2D eigenvalue weighted by molar-refractivity contribution is 7.89. The van der Waals surface area contributed by atoms with Gasteiger partial charge in [-0.3, -0.25) is 13.9 Å². The predicted octanol–water partition coefficient (Wildman–Crippen LogP) is 3.36. The maximum atomic E-state index is 13.8. The highest BCUT2D eigenvalue weighted by atomic mass is 32.2. The van der Waals surface area contributed by atoms with Gasteiger partial charge in [-0.2, -0.15) is 13.2 Å². The molecule has 0 saturated carbocycles. The SMILES string of the molecule is O=C1C=C(C(F)(F)F)C2C(C1=O)C(c1ccccc1)=CN2S(=O)(=O)c1ccccc1. The van der Waals surface area contributed by atoms with Crippen molar-refractivity contribution in [1.29, 1.82) is 0 Å². The van der Waals surface area contributed by atoms with E-state index in [0.717, 1.165) is 6.20 Å². The molecule has 2 aromatic carbocycles. The highest BCUT2D eigenvalue weighted by Crippen LogP contribution is 2.47. The van der Waals surface area contributed by atoms with E-state index in [4.69, 9.17) is 0 Å². The van der Waals surface area contributed by atoms with E-state index in [1.807, 2.05) is 0 Å². The summed E-state index contributed by atoms with van der Waals surface area (Å²) < 4.78 is 68.4. The standard InChI is InChI=1S/C21H14F3NO4S/c22-21(23,24)16-11-17(26)20(27)18-15(13-7-3-1-4-8-13)12-25(19(16)18)30(28,29)14-9-5-2-6-10-14/h1-12,18-19H. The summed E-state index contributed by atoms with van der Waals surface area (Å²) in [5, 5.41) is 0. The molecule has 0 radical (unpaired) electrons. The third-order valence-electron chi connectivity index (χ3n) is 5.07. The van der Waals surface area contributed by atoms with Crippen molar-refractivity contribution in [2.24, 2.45) is 5.92 Å². The molecule has 1 aliphatic carbocycles. The summed E-state index contributed by atoms with van der Waals surface area (Å²) in [7, 11) is -4.43. The van der Waals surface area contributed by atoms with Crippen LogP contribution in [0.1, 0.15) is 5.56 Å². The average Bonchev–Trinajstić information content (AvgIpc) is 3.12. The Kier molecular flexibility index (Phi) is 4.65. The maximum Gasteiger partial charge on any atom is 0.414 e. The molecule has 2 aliphatic rings. The van der Waals surface area contributed by atoms with Gasteiger partial charge in [0.1, 0.15) is 0 Å². The second-order valence-corrected chi connectivity index (χ2v) is 8.69. The number of nitrogens with zero attached hydrogens (tertiary/aromatic N) is 1. The summed E-state index contributed by atoms with van der Waals surface area (Å²) in [6, 6.07) is 13.0. The normalized spacial score (nSPS) is 21.9. The number of benzene rings is 2. The molecule has 2 atom stereocenters. The van der Waals surface area contributed by atoms with Crippen molar-refractivity contribution in [2.75, 3.05) is 0 Å². The fourth-order valence-corrected chi connectivity index (χ4v) is 5.27. The third kappa shape index (κ3) is 3.15. The smallest absolute Gasteiger partial charge is 0.290 e. The van der Waals surface area contributed by atoms with E-state index < -0.39 is 45.3 Å². The lowest BCUT2D eigenvalue weighted by atomic mass is 9.78. The summed E-state index contributed by atoms with van der Waals surface area (Å²) in [4.78, 5) is 24.5. The number of carbonyl (C=O) groups is 2.